The minimum atomic E-state index is 0.0973. The molecule has 0 spiro atoms. The Labute approximate surface area is 149 Å². The molecule has 1 amide bonds. The second-order valence-corrected chi connectivity index (χ2v) is 7.92. The summed E-state index contributed by atoms with van der Waals surface area (Å²) in [5.74, 6) is 2.54. The molecule has 2 saturated heterocycles. The third-order valence-electron chi connectivity index (χ3n) is 4.94. The molecule has 2 aliphatic heterocycles. The van der Waals surface area contributed by atoms with Crippen LogP contribution in [-0.2, 0) is 16.1 Å². The highest BCUT2D eigenvalue weighted by molar-refractivity contribution is 7.99. The topological polar surface area (TPSA) is 41.6 Å². The molecular weight excluding hydrogens is 320 g/mol. The first-order valence-corrected chi connectivity index (χ1v) is 10.2. The first-order chi connectivity index (χ1) is 11.7. The third-order valence-corrected chi connectivity index (χ3v) is 5.88. The van der Waals surface area contributed by atoms with E-state index in [4.69, 9.17) is 4.74 Å². The van der Waals surface area contributed by atoms with E-state index in [-0.39, 0.29) is 12.0 Å². The number of benzene rings is 1. The van der Waals surface area contributed by atoms with Crippen LogP contribution in [0.3, 0.4) is 0 Å². The Balaban J connectivity index is 1.54. The highest BCUT2D eigenvalue weighted by Crippen LogP contribution is 2.23. The lowest BCUT2D eigenvalue weighted by Crippen LogP contribution is -2.32. The van der Waals surface area contributed by atoms with Crippen molar-refractivity contribution in [3.8, 4) is 0 Å². The van der Waals surface area contributed by atoms with Crippen molar-refractivity contribution in [1.82, 2.24) is 4.90 Å². The highest BCUT2D eigenvalue weighted by Gasteiger charge is 2.17. The van der Waals surface area contributed by atoms with Gasteiger partial charge in [-0.1, -0.05) is 12.1 Å². The lowest BCUT2D eigenvalue weighted by molar-refractivity contribution is -0.116. The van der Waals surface area contributed by atoms with E-state index >= 15 is 0 Å². The van der Waals surface area contributed by atoms with Crippen LogP contribution >= 0.6 is 11.8 Å². The third kappa shape index (κ3) is 4.98. The van der Waals surface area contributed by atoms with Gasteiger partial charge < -0.3 is 10.1 Å². The van der Waals surface area contributed by atoms with Crippen LogP contribution in [0, 0.1) is 6.92 Å². The van der Waals surface area contributed by atoms with Crippen LogP contribution in [0.4, 0.5) is 5.69 Å². The van der Waals surface area contributed by atoms with Gasteiger partial charge in [0.05, 0.1) is 6.10 Å². The Bertz CT molecular complexity index is 552. The minimum absolute atomic E-state index is 0.0973. The molecule has 1 aromatic rings. The summed E-state index contributed by atoms with van der Waals surface area (Å²) in [6, 6.07) is 6.24. The molecule has 2 aliphatic rings. The van der Waals surface area contributed by atoms with E-state index < -0.39 is 0 Å². The summed E-state index contributed by atoms with van der Waals surface area (Å²) < 4.78 is 5.59. The molecule has 0 bridgehead atoms. The van der Waals surface area contributed by atoms with Gasteiger partial charge in [0, 0.05) is 49.9 Å². The second kappa shape index (κ2) is 8.88. The Morgan fingerprint density at radius 2 is 2.21 bits per heavy atom. The van der Waals surface area contributed by atoms with Crippen molar-refractivity contribution in [3.05, 3.63) is 29.3 Å². The molecule has 1 unspecified atom stereocenters. The standard InChI is InChI=1S/C19H28N2O2S/c1-15-16(14-21-9-12-24-13-10-21)4-2-6-18(15)20-19(22)8-7-17-5-3-11-23-17/h2,4,6,17H,3,5,7-14H2,1H3,(H,20,22). The fourth-order valence-electron chi connectivity index (χ4n) is 3.37. The normalized spacial score (nSPS) is 21.8. The molecular formula is C19H28N2O2S. The summed E-state index contributed by atoms with van der Waals surface area (Å²) in [4.78, 5) is 14.7. The predicted octanol–water partition coefficient (Wildman–Crippen LogP) is 3.44. The maximum absolute atomic E-state index is 12.2. The molecule has 0 saturated carbocycles. The van der Waals surface area contributed by atoms with Gasteiger partial charge in [0.15, 0.2) is 0 Å². The Kier molecular flexibility index (Phi) is 6.58. The van der Waals surface area contributed by atoms with Gasteiger partial charge in [0.1, 0.15) is 0 Å². The zero-order chi connectivity index (χ0) is 16.8. The van der Waals surface area contributed by atoms with Crippen LogP contribution in [0.2, 0.25) is 0 Å². The monoisotopic (exact) mass is 348 g/mol. The van der Waals surface area contributed by atoms with E-state index in [9.17, 15) is 4.79 Å². The minimum Gasteiger partial charge on any atom is -0.378 e. The molecule has 2 fully saturated rings. The summed E-state index contributed by atoms with van der Waals surface area (Å²) in [6.07, 6.45) is 3.87. The Morgan fingerprint density at radius 3 is 2.96 bits per heavy atom. The van der Waals surface area contributed by atoms with Crippen molar-refractivity contribution >= 4 is 23.4 Å². The number of carbonyl (C=O) groups is 1. The summed E-state index contributed by atoms with van der Waals surface area (Å²) in [5.41, 5.74) is 3.47. The SMILES string of the molecule is Cc1c(CN2CCSCC2)cccc1NC(=O)CCC1CCCO1. The lowest BCUT2D eigenvalue weighted by Gasteiger charge is -2.27. The van der Waals surface area contributed by atoms with Crippen molar-refractivity contribution < 1.29 is 9.53 Å². The van der Waals surface area contributed by atoms with Crippen molar-refractivity contribution in [2.24, 2.45) is 0 Å². The van der Waals surface area contributed by atoms with Crippen LogP contribution < -0.4 is 5.32 Å². The molecule has 0 aliphatic carbocycles. The van der Waals surface area contributed by atoms with Crippen LogP contribution in [0.25, 0.3) is 0 Å². The largest absolute Gasteiger partial charge is 0.378 e. The number of nitrogens with one attached hydrogen (secondary N) is 1. The smallest absolute Gasteiger partial charge is 0.224 e. The molecule has 0 aromatic heterocycles. The average molecular weight is 349 g/mol. The molecule has 1 aromatic carbocycles. The first-order valence-electron chi connectivity index (χ1n) is 9.02. The van der Waals surface area contributed by atoms with E-state index in [0.29, 0.717) is 6.42 Å². The molecule has 24 heavy (non-hydrogen) atoms. The number of hydrogen-bond acceptors (Lipinski definition) is 4. The Morgan fingerprint density at radius 1 is 1.38 bits per heavy atom. The van der Waals surface area contributed by atoms with E-state index in [2.05, 4.69) is 29.3 Å². The quantitative estimate of drug-likeness (QED) is 0.855. The van der Waals surface area contributed by atoms with Gasteiger partial charge in [-0.3, -0.25) is 9.69 Å². The van der Waals surface area contributed by atoms with Gasteiger partial charge >= 0.3 is 0 Å². The number of thioether (sulfide) groups is 1. The van der Waals surface area contributed by atoms with Crippen molar-refractivity contribution in [1.29, 1.82) is 0 Å². The molecule has 2 heterocycles. The van der Waals surface area contributed by atoms with Gasteiger partial charge in [-0.25, -0.2) is 0 Å². The molecule has 4 nitrogen and oxygen atoms in total. The van der Waals surface area contributed by atoms with Crippen LogP contribution in [-0.4, -0.2) is 48.1 Å². The molecule has 5 heteroatoms. The van der Waals surface area contributed by atoms with E-state index in [1.807, 2.05) is 17.8 Å². The van der Waals surface area contributed by atoms with Crippen LogP contribution in [0.5, 0.6) is 0 Å². The average Bonchev–Trinajstić information content (AvgIpc) is 3.11. The number of amides is 1. The summed E-state index contributed by atoms with van der Waals surface area (Å²) >= 11 is 2.03. The molecule has 1 N–H and O–H groups in total. The fourth-order valence-corrected chi connectivity index (χ4v) is 4.35. The van der Waals surface area contributed by atoms with Crippen LogP contribution in [0.15, 0.2) is 18.2 Å². The van der Waals surface area contributed by atoms with E-state index in [1.54, 1.807) is 0 Å². The highest BCUT2D eigenvalue weighted by atomic mass is 32.2. The van der Waals surface area contributed by atoms with Crippen LogP contribution in [0.1, 0.15) is 36.8 Å². The van der Waals surface area contributed by atoms with Gasteiger partial charge in [-0.15, -0.1) is 0 Å². The van der Waals surface area contributed by atoms with Crippen molar-refractivity contribution in [2.75, 3.05) is 36.5 Å². The zero-order valence-corrected chi connectivity index (χ0v) is 15.4. The van der Waals surface area contributed by atoms with Crippen molar-refractivity contribution in [2.45, 2.75) is 45.3 Å². The zero-order valence-electron chi connectivity index (χ0n) is 14.6. The van der Waals surface area contributed by atoms with E-state index in [0.717, 1.165) is 51.2 Å². The molecule has 132 valence electrons. The molecule has 1 atom stereocenters. The number of carbonyl (C=O) groups excluding carboxylic acids is 1. The molecule has 3 rings (SSSR count). The summed E-state index contributed by atoms with van der Waals surface area (Å²) in [7, 11) is 0. The summed E-state index contributed by atoms with van der Waals surface area (Å²) in [6.45, 7) is 6.25. The van der Waals surface area contributed by atoms with Gasteiger partial charge in [-0.05, 0) is 43.4 Å². The number of hydrogen-bond donors (Lipinski definition) is 1. The van der Waals surface area contributed by atoms with Gasteiger partial charge in [-0.2, -0.15) is 11.8 Å². The lowest BCUT2D eigenvalue weighted by atomic mass is 10.1. The van der Waals surface area contributed by atoms with Gasteiger partial charge in [0.25, 0.3) is 0 Å². The second-order valence-electron chi connectivity index (χ2n) is 6.70. The van der Waals surface area contributed by atoms with Gasteiger partial charge in [0.2, 0.25) is 5.91 Å². The fraction of sp³-hybridized carbons (Fsp3) is 0.632. The number of ether oxygens (including phenoxy) is 1. The summed E-state index contributed by atoms with van der Waals surface area (Å²) in [5, 5.41) is 3.09. The Hall–Kier alpha value is -1.04. The number of rotatable bonds is 6. The number of nitrogens with zero attached hydrogens (tertiary/aromatic N) is 1. The van der Waals surface area contributed by atoms with E-state index in [1.165, 1.54) is 22.6 Å². The van der Waals surface area contributed by atoms with Crippen molar-refractivity contribution in [3.63, 3.8) is 0 Å². The maximum atomic E-state index is 12.2. The molecule has 0 radical (unpaired) electrons. The predicted molar refractivity (Wildman–Crippen MR) is 101 cm³/mol. The first kappa shape index (κ1) is 17.8. The maximum Gasteiger partial charge on any atom is 0.224 e. The number of anilines is 1.